The molecule has 0 radical (unpaired) electrons. The summed E-state index contributed by atoms with van der Waals surface area (Å²) in [4.78, 5) is 2.43. The molecule has 3 nitrogen and oxygen atoms in total. The second-order valence-electron chi connectivity index (χ2n) is 15.0. The molecule has 1 aliphatic rings. The SMILES string of the molecule is c1ccc(N(c2ccc3c(c2)oc2ccccc23)c2ccccc2-c2cccc3cccc(C4CCCCC4)c23)c(-c2ccc3c(c2)oc2ccccc23)c1. The zero-order valence-electron chi connectivity index (χ0n) is 30.5. The van der Waals surface area contributed by atoms with E-state index in [2.05, 4.69) is 157 Å². The maximum Gasteiger partial charge on any atom is 0.137 e. The second kappa shape index (κ2) is 13.1. The summed E-state index contributed by atoms with van der Waals surface area (Å²) in [5, 5.41) is 7.17. The molecule has 0 N–H and O–H groups in total. The third kappa shape index (κ3) is 5.33. The number of para-hydroxylation sites is 4. The molecule has 0 unspecified atom stereocenters. The monoisotopic (exact) mass is 709 g/mol. The minimum atomic E-state index is 0.575. The standard InChI is InChI=1S/C52H39NO2/c1-2-14-34(15-3-1)39-22-12-16-35-17-13-23-45(52(35)39)40-19-5-9-25-47(40)53(37-29-31-44-42-21-7-11-27-49(42)55-51(44)33-37)46-24-8-4-18-38(46)36-28-30-43-41-20-6-10-26-48(41)54-50(43)32-36/h4-13,16-34H,1-3,14-15H2. The molecule has 0 amide bonds. The van der Waals surface area contributed by atoms with Gasteiger partial charge in [0.25, 0.3) is 0 Å². The fourth-order valence-electron chi connectivity index (χ4n) is 9.31. The Bertz CT molecular complexity index is 3040. The Morgan fingerprint density at radius 1 is 0.418 bits per heavy atom. The maximum absolute atomic E-state index is 6.52. The van der Waals surface area contributed by atoms with Crippen LogP contribution in [0.4, 0.5) is 17.1 Å². The van der Waals surface area contributed by atoms with Crippen molar-refractivity contribution >= 4 is 71.7 Å². The topological polar surface area (TPSA) is 29.5 Å². The molecule has 10 aromatic rings. The molecule has 8 aromatic carbocycles. The fraction of sp³-hybridized carbons (Fsp3) is 0.115. The number of nitrogens with zero attached hydrogens (tertiary/aromatic N) is 1. The first-order valence-corrected chi connectivity index (χ1v) is 19.6. The summed E-state index contributed by atoms with van der Waals surface area (Å²) in [6, 6.07) is 61.3. The third-order valence-electron chi connectivity index (χ3n) is 11.9. The van der Waals surface area contributed by atoms with Crippen LogP contribution in [0.2, 0.25) is 0 Å². The summed E-state index contributed by atoms with van der Waals surface area (Å²) >= 11 is 0. The number of rotatable bonds is 6. The van der Waals surface area contributed by atoms with Crippen LogP contribution in [0.3, 0.4) is 0 Å². The highest BCUT2D eigenvalue weighted by atomic mass is 16.3. The van der Waals surface area contributed by atoms with Gasteiger partial charge in [0.05, 0.1) is 11.4 Å². The Labute approximate surface area is 320 Å². The number of benzene rings is 8. The Balaban J connectivity index is 1.16. The van der Waals surface area contributed by atoms with E-state index in [1.165, 1.54) is 59.6 Å². The number of anilines is 3. The third-order valence-corrected chi connectivity index (χ3v) is 11.9. The number of furan rings is 2. The minimum absolute atomic E-state index is 0.575. The first kappa shape index (κ1) is 31.9. The summed E-state index contributed by atoms with van der Waals surface area (Å²) in [5.41, 5.74) is 12.9. The van der Waals surface area contributed by atoms with Crippen molar-refractivity contribution in [2.45, 2.75) is 38.0 Å². The molecule has 2 aromatic heterocycles. The van der Waals surface area contributed by atoms with E-state index in [-0.39, 0.29) is 0 Å². The molecule has 0 spiro atoms. The summed E-state index contributed by atoms with van der Waals surface area (Å²) in [6.07, 6.45) is 6.44. The predicted molar refractivity (Wildman–Crippen MR) is 230 cm³/mol. The van der Waals surface area contributed by atoms with Gasteiger partial charge in [-0.15, -0.1) is 0 Å². The van der Waals surface area contributed by atoms with Crippen molar-refractivity contribution in [1.29, 1.82) is 0 Å². The Morgan fingerprint density at radius 2 is 0.982 bits per heavy atom. The van der Waals surface area contributed by atoms with Gasteiger partial charge in [0.15, 0.2) is 0 Å². The first-order chi connectivity index (χ1) is 27.3. The molecule has 264 valence electrons. The number of hydrogen-bond acceptors (Lipinski definition) is 3. The van der Waals surface area contributed by atoms with Crippen LogP contribution in [-0.4, -0.2) is 0 Å². The van der Waals surface area contributed by atoms with Crippen LogP contribution < -0.4 is 4.90 Å². The lowest BCUT2D eigenvalue weighted by molar-refractivity contribution is 0.445. The maximum atomic E-state index is 6.52. The van der Waals surface area contributed by atoms with Crippen molar-refractivity contribution in [3.8, 4) is 22.3 Å². The van der Waals surface area contributed by atoms with Crippen molar-refractivity contribution in [3.63, 3.8) is 0 Å². The molecular formula is C52H39NO2. The predicted octanol–water partition coefficient (Wildman–Crippen LogP) is 15.5. The van der Waals surface area contributed by atoms with E-state index in [0.29, 0.717) is 5.92 Å². The Kier molecular flexibility index (Phi) is 7.58. The molecule has 2 heterocycles. The minimum Gasteiger partial charge on any atom is -0.456 e. The lowest BCUT2D eigenvalue weighted by Crippen LogP contribution is -2.12. The molecule has 11 rings (SSSR count). The molecule has 3 heteroatoms. The van der Waals surface area contributed by atoms with Gasteiger partial charge in [-0.25, -0.2) is 0 Å². The average Bonchev–Trinajstić information content (AvgIpc) is 3.82. The molecule has 0 atom stereocenters. The molecular weight excluding hydrogens is 671 g/mol. The molecule has 55 heavy (non-hydrogen) atoms. The van der Waals surface area contributed by atoms with E-state index in [1.54, 1.807) is 0 Å². The van der Waals surface area contributed by atoms with Gasteiger partial charge >= 0.3 is 0 Å². The Hall–Kier alpha value is -6.58. The summed E-state index contributed by atoms with van der Waals surface area (Å²) in [5.74, 6) is 0.575. The van der Waals surface area contributed by atoms with Gasteiger partial charge < -0.3 is 13.7 Å². The quantitative estimate of drug-likeness (QED) is 0.172. The summed E-state index contributed by atoms with van der Waals surface area (Å²) in [6.45, 7) is 0. The van der Waals surface area contributed by atoms with Crippen LogP contribution >= 0.6 is 0 Å². The van der Waals surface area contributed by atoms with Gasteiger partial charge in [-0.1, -0.05) is 135 Å². The van der Waals surface area contributed by atoms with E-state index < -0.39 is 0 Å². The highest BCUT2D eigenvalue weighted by molar-refractivity contribution is 6.09. The van der Waals surface area contributed by atoms with Crippen molar-refractivity contribution in [2.75, 3.05) is 4.90 Å². The smallest absolute Gasteiger partial charge is 0.137 e. The van der Waals surface area contributed by atoms with E-state index in [9.17, 15) is 0 Å². The average molecular weight is 710 g/mol. The van der Waals surface area contributed by atoms with E-state index in [4.69, 9.17) is 8.83 Å². The van der Waals surface area contributed by atoms with Crippen LogP contribution in [0.1, 0.15) is 43.6 Å². The van der Waals surface area contributed by atoms with E-state index in [0.717, 1.165) is 72.1 Å². The fourth-order valence-corrected chi connectivity index (χ4v) is 9.31. The highest BCUT2D eigenvalue weighted by Crippen LogP contribution is 2.48. The highest BCUT2D eigenvalue weighted by Gasteiger charge is 2.25. The zero-order valence-corrected chi connectivity index (χ0v) is 30.5. The summed E-state index contributed by atoms with van der Waals surface area (Å²) < 4.78 is 12.9. The molecule has 0 saturated heterocycles. The van der Waals surface area contributed by atoms with Gasteiger partial charge in [0.2, 0.25) is 0 Å². The van der Waals surface area contributed by atoms with Crippen molar-refractivity contribution in [3.05, 3.63) is 175 Å². The van der Waals surface area contributed by atoms with Gasteiger partial charge in [0.1, 0.15) is 22.3 Å². The van der Waals surface area contributed by atoms with E-state index in [1.807, 2.05) is 18.2 Å². The van der Waals surface area contributed by atoms with Gasteiger partial charge in [-0.3, -0.25) is 0 Å². The van der Waals surface area contributed by atoms with Gasteiger partial charge in [0, 0.05) is 44.4 Å². The van der Waals surface area contributed by atoms with Crippen LogP contribution in [0.25, 0.3) is 76.9 Å². The van der Waals surface area contributed by atoms with Crippen LogP contribution in [0, 0.1) is 0 Å². The van der Waals surface area contributed by atoms with Crippen LogP contribution in [0.5, 0.6) is 0 Å². The van der Waals surface area contributed by atoms with Crippen molar-refractivity contribution in [1.82, 2.24) is 0 Å². The normalized spacial score (nSPS) is 13.7. The lowest BCUT2D eigenvalue weighted by Gasteiger charge is -2.30. The van der Waals surface area contributed by atoms with Gasteiger partial charge in [-0.2, -0.15) is 0 Å². The zero-order chi connectivity index (χ0) is 36.3. The number of hydrogen-bond donors (Lipinski definition) is 0. The Morgan fingerprint density at radius 3 is 1.73 bits per heavy atom. The first-order valence-electron chi connectivity index (χ1n) is 19.6. The second-order valence-corrected chi connectivity index (χ2v) is 15.0. The summed E-state index contributed by atoms with van der Waals surface area (Å²) in [7, 11) is 0. The van der Waals surface area contributed by atoms with E-state index >= 15 is 0 Å². The van der Waals surface area contributed by atoms with Crippen molar-refractivity contribution in [2.24, 2.45) is 0 Å². The number of fused-ring (bicyclic) bond motifs is 7. The molecule has 0 bridgehead atoms. The van der Waals surface area contributed by atoms with Crippen molar-refractivity contribution < 1.29 is 8.83 Å². The molecule has 1 aliphatic carbocycles. The van der Waals surface area contributed by atoms with Crippen LogP contribution in [-0.2, 0) is 0 Å². The van der Waals surface area contributed by atoms with Gasteiger partial charge in [-0.05, 0) is 94.8 Å². The largest absolute Gasteiger partial charge is 0.456 e. The van der Waals surface area contributed by atoms with Crippen LogP contribution in [0.15, 0.2) is 179 Å². The lowest BCUT2D eigenvalue weighted by atomic mass is 9.80. The molecule has 1 fully saturated rings. The molecule has 1 saturated carbocycles. The molecule has 0 aliphatic heterocycles.